The molecule has 3 heterocycles. The van der Waals surface area contributed by atoms with Gasteiger partial charge < -0.3 is 14.7 Å². The van der Waals surface area contributed by atoms with Crippen LogP contribution in [0.25, 0.3) is 0 Å². The van der Waals surface area contributed by atoms with E-state index in [9.17, 15) is 9.59 Å². The van der Waals surface area contributed by atoms with Gasteiger partial charge >= 0.3 is 0 Å². The second-order valence-electron chi connectivity index (χ2n) is 6.53. The van der Waals surface area contributed by atoms with E-state index in [1.807, 2.05) is 18.7 Å². The highest BCUT2D eigenvalue weighted by atomic mass is 32.1. The van der Waals surface area contributed by atoms with Gasteiger partial charge in [-0.2, -0.15) is 4.98 Å². The highest BCUT2D eigenvalue weighted by Gasteiger charge is 2.28. The molecule has 26 heavy (non-hydrogen) atoms. The number of likely N-dealkylation sites (tertiary alicyclic amines) is 1. The van der Waals surface area contributed by atoms with Gasteiger partial charge in [0.05, 0.1) is 23.7 Å². The summed E-state index contributed by atoms with van der Waals surface area (Å²) in [5.74, 6) is 0.945. The van der Waals surface area contributed by atoms with Crippen molar-refractivity contribution in [2.45, 2.75) is 46.6 Å². The van der Waals surface area contributed by atoms with Crippen LogP contribution >= 0.6 is 11.3 Å². The number of thiazole rings is 1. The normalized spacial score (nSPS) is 15.3. The zero-order valence-corrected chi connectivity index (χ0v) is 16.1. The average Bonchev–Trinajstić information content (AvgIpc) is 3.17. The molecule has 0 radical (unpaired) electrons. The first-order chi connectivity index (χ1) is 12.4. The number of nitrogens with zero attached hydrogens (tertiary/aromatic N) is 4. The Morgan fingerprint density at radius 3 is 2.54 bits per heavy atom. The molecule has 3 rings (SSSR count). The lowest BCUT2D eigenvalue weighted by Crippen LogP contribution is -2.43. The first kappa shape index (κ1) is 18.5. The number of aromatic nitrogens is 3. The molecule has 0 atom stereocenters. The second kappa shape index (κ2) is 7.94. The third kappa shape index (κ3) is 4.46. The van der Waals surface area contributed by atoms with Crippen LogP contribution in [-0.4, -0.2) is 44.9 Å². The molecule has 0 aromatic carbocycles. The summed E-state index contributed by atoms with van der Waals surface area (Å²) in [4.78, 5) is 36.1. The van der Waals surface area contributed by atoms with E-state index < -0.39 is 0 Å². The van der Waals surface area contributed by atoms with Gasteiger partial charge in [-0.15, -0.1) is 11.3 Å². The topological polar surface area (TPSA) is 101 Å². The predicted octanol–water partition coefficient (Wildman–Crippen LogP) is 1.55. The Morgan fingerprint density at radius 1 is 1.23 bits per heavy atom. The maximum Gasteiger partial charge on any atom is 0.246 e. The van der Waals surface area contributed by atoms with E-state index in [-0.39, 0.29) is 24.3 Å². The van der Waals surface area contributed by atoms with Crippen molar-refractivity contribution in [1.29, 1.82) is 0 Å². The van der Waals surface area contributed by atoms with Crippen LogP contribution in [0.1, 0.15) is 40.1 Å². The quantitative estimate of drug-likeness (QED) is 0.848. The molecule has 0 spiro atoms. The zero-order valence-electron chi connectivity index (χ0n) is 15.2. The number of hydrogen-bond acceptors (Lipinski definition) is 7. The summed E-state index contributed by atoms with van der Waals surface area (Å²) < 4.78 is 4.99. The first-order valence-electron chi connectivity index (χ1n) is 8.70. The molecule has 2 aromatic heterocycles. The number of carbonyl (C=O) groups excluding carboxylic acids is 2. The Kier molecular flexibility index (Phi) is 5.65. The molecule has 1 saturated heterocycles. The Bertz CT molecular complexity index is 792. The molecule has 0 aliphatic carbocycles. The van der Waals surface area contributed by atoms with E-state index in [2.05, 4.69) is 20.4 Å². The molecule has 8 nitrogen and oxygen atoms in total. The van der Waals surface area contributed by atoms with E-state index in [1.54, 1.807) is 18.3 Å². The third-order valence-electron chi connectivity index (χ3n) is 4.51. The van der Waals surface area contributed by atoms with Crippen LogP contribution < -0.4 is 5.32 Å². The molecular formula is C17H23N5O3S. The van der Waals surface area contributed by atoms with Crippen LogP contribution in [0.5, 0.6) is 0 Å². The van der Waals surface area contributed by atoms with Gasteiger partial charge in [0.1, 0.15) is 0 Å². The summed E-state index contributed by atoms with van der Waals surface area (Å²) in [6.07, 6.45) is 1.73. The van der Waals surface area contributed by atoms with Crippen molar-refractivity contribution in [3.05, 3.63) is 27.3 Å². The monoisotopic (exact) mass is 377 g/mol. The lowest BCUT2D eigenvalue weighted by Gasteiger charge is -2.31. The van der Waals surface area contributed by atoms with Crippen molar-refractivity contribution in [2.24, 2.45) is 5.92 Å². The van der Waals surface area contributed by atoms with Crippen molar-refractivity contribution in [3.8, 4) is 0 Å². The van der Waals surface area contributed by atoms with Gasteiger partial charge in [-0.3, -0.25) is 9.59 Å². The van der Waals surface area contributed by atoms with Crippen LogP contribution in [0, 0.1) is 26.7 Å². The zero-order chi connectivity index (χ0) is 18.7. The lowest BCUT2D eigenvalue weighted by molar-refractivity contribution is -0.135. The minimum absolute atomic E-state index is 0.0260. The van der Waals surface area contributed by atoms with Crippen molar-refractivity contribution in [3.63, 3.8) is 0 Å². The maximum atomic E-state index is 12.5. The van der Waals surface area contributed by atoms with Gasteiger partial charge in [0.25, 0.3) is 0 Å². The van der Waals surface area contributed by atoms with Gasteiger partial charge in [-0.1, -0.05) is 5.16 Å². The molecule has 1 N–H and O–H groups in total. The predicted molar refractivity (Wildman–Crippen MR) is 95.5 cm³/mol. The Morgan fingerprint density at radius 2 is 1.96 bits per heavy atom. The summed E-state index contributed by atoms with van der Waals surface area (Å²) in [5, 5.41) is 7.51. The number of aryl methyl sites for hydroxylation is 3. The third-order valence-corrected chi connectivity index (χ3v) is 5.59. The van der Waals surface area contributed by atoms with Gasteiger partial charge in [0.15, 0.2) is 5.82 Å². The van der Waals surface area contributed by atoms with Crippen molar-refractivity contribution in [2.75, 3.05) is 13.1 Å². The summed E-state index contributed by atoms with van der Waals surface area (Å²) in [5.41, 5.74) is 0.936. The van der Waals surface area contributed by atoms with E-state index in [1.165, 1.54) is 0 Å². The molecule has 1 aliphatic rings. The molecule has 140 valence electrons. The van der Waals surface area contributed by atoms with Crippen LogP contribution in [0.15, 0.2) is 4.52 Å². The number of amides is 2. The number of nitrogens with one attached hydrogen (secondary N) is 1. The smallest absolute Gasteiger partial charge is 0.246 e. The molecular weight excluding hydrogens is 354 g/mol. The summed E-state index contributed by atoms with van der Waals surface area (Å²) in [6.45, 7) is 7.07. The fourth-order valence-corrected chi connectivity index (χ4v) is 4.02. The maximum absolute atomic E-state index is 12.5. The lowest BCUT2D eigenvalue weighted by atomic mass is 9.95. The second-order valence-corrected chi connectivity index (χ2v) is 7.81. The average molecular weight is 377 g/mol. The standard InChI is InChI=1S/C17H23N5O3S/c1-10-14(26-12(3)19-10)8-16(23)22-6-4-13(5-7-22)17(24)18-9-15-20-11(2)21-25-15/h13H,4-9H2,1-3H3,(H,18,24). The van der Waals surface area contributed by atoms with Gasteiger partial charge in [0, 0.05) is 23.9 Å². The highest BCUT2D eigenvalue weighted by Crippen LogP contribution is 2.21. The van der Waals surface area contributed by atoms with Crippen LogP contribution in [0.2, 0.25) is 0 Å². The Labute approximate surface area is 156 Å². The fourth-order valence-electron chi connectivity index (χ4n) is 3.10. The SMILES string of the molecule is Cc1noc(CNC(=O)C2CCN(C(=O)Cc3sc(C)nc3C)CC2)n1. The molecule has 0 saturated carbocycles. The van der Waals surface area contributed by atoms with Crippen molar-refractivity contribution < 1.29 is 14.1 Å². The van der Waals surface area contributed by atoms with Crippen LogP contribution in [-0.2, 0) is 22.6 Å². The largest absolute Gasteiger partial charge is 0.347 e. The fraction of sp³-hybridized carbons (Fsp3) is 0.588. The molecule has 2 amide bonds. The molecule has 0 unspecified atom stereocenters. The van der Waals surface area contributed by atoms with Crippen molar-refractivity contribution >= 4 is 23.2 Å². The minimum atomic E-state index is -0.0875. The van der Waals surface area contributed by atoms with E-state index >= 15 is 0 Å². The van der Waals surface area contributed by atoms with Gasteiger partial charge in [0.2, 0.25) is 17.7 Å². The number of carbonyl (C=O) groups is 2. The summed E-state index contributed by atoms with van der Waals surface area (Å²) >= 11 is 1.58. The minimum Gasteiger partial charge on any atom is -0.347 e. The molecule has 9 heteroatoms. The highest BCUT2D eigenvalue weighted by molar-refractivity contribution is 7.11. The Balaban J connectivity index is 1.45. The van der Waals surface area contributed by atoms with E-state index in [0.717, 1.165) is 15.6 Å². The van der Waals surface area contributed by atoms with Gasteiger partial charge in [-0.05, 0) is 33.6 Å². The van der Waals surface area contributed by atoms with E-state index in [4.69, 9.17) is 4.52 Å². The Hall–Kier alpha value is -2.29. The van der Waals surface area contributed by atoms with Crippen LogP contribution in [0.3, 0.4) is 0 Å². The summed E-state index contributed by atoms with van der Waals surface area (Å²) in [7, 11) is 0. The van der Waals surface area contributed by atoms with Gasteiger partial charge in [-0.25, -0.2) is 4.98 Å². The van der Waals surface area contributed by atoms with E-state index in [0.29, 0.717) is 44.1 Å². The molecule has 1 aliphatic heterocycles. The number of rotatable bonds is 5. The molecule has 2 aromatic rings. The van der Waals surface area contributed by atoms with Crippen LogP contribution in [0.4, 0.5) is 0 Å². The molecule has 1 fully saturated rings. The first-order valence-corrected chi connectivity index (χ1v) is 9.51. The summed E-state index contributed by atoms with van der Waals surface area (Å²) in [6, 6.07) is 0. The number of piperidine rings is 1. The number of hydrogen-bond donors (Lipinski definition) is 1. The van der Waals surface area contributed by atoms with Crippen molar-refractivity contribution in [1.82, 2.24) is 25.3 Å². The molecule has 0 bridgehead atoms.